The molecular formula is C12H17ClOS. The van der Waals surface area contributed by atoms with Crippen molar-refractivity contribution in [2.45, 2.75) is 44.6 Å². The maximum atomic E-state index is 10.3. The zero-order valence-electron chi connectivity index (χ0n) is 8.79. The zero-order chi connectivity index (χ0) is 10.7. The molecule has 0 spiro atoms. The predicted molar refractivity (Wildman–Crippen MR) is 65.5 cm³/mol. The molecule has 3 heteroatoms. The van der Waals surface area contributed by atoms with Crippen molar-refractivity contribution in [2.24, 2.45) is 5.92 Å². The lowest BCUT2D eigenvalue weighted by Gasteiger charge is -2.20. The minimum Gasteiger partial charge on any atom is -0.387 e. The van der Waals surface area contributed by atoms with Crippen LogP contribution in [0.15, 0.2) is 11.4 Å². The highest BCUT2D eigenvalue weighted by atomic mass is 35.5. The van der Waals surface area contributed by atoms with Gasteiger partial charge in [0.25, 0.3) is 0 Å². The first kappa shape index (κ1) is 11.4. The predicted octanol–water partition coefficient (Wildman–Crippen LogP) is 4.41. The van der Waals surface area contributed by atoms with Crippen LogP contribution < -0.4 is 0 Å². The molecule has 1 heterocycles. The van der Waals surface area contributed by atoms with Crippen molar-refractivity contribution in [3.8, 4) is 0 Å². The fraction of sp³-hybridized carbons (Fsp3) is 0.667. The molecule has 1 aromatic heterocycles. The van der Waals surface area contributed by atoms with E-state index in [1.807, 2.05) is 11.4 Å². The van der Waals surface area contributed by atoms with E-state index in [0.717, 1.165) is 22.7 Å². The third-order valence-corrected chi connectivity index (χ3v) is 4.69. The number of aliphatic hydroxyl groups excluding tert-OH is 1. The van der Waals surface area contributed by atoms with Gasteiger partial charge in [0.1, 0.15) is 0 Å². The van der Waals surface area contributed by atoms with Gasteiger partial charge in [0.05, 0.1) is 16.0 Å². The van der Waals surface area contributed by atoms with Crippen LogP contribution in [0.3, 0.4) is 0 Å². The molecule has 0 aliphatic heterocycles. The smallest absolute Gasteiger partial charge is 0.0924 e. The van der Waals surface area contributed by atoms with Gasteiger partial charge < -0.3 is 5.11 Å². The van der Waals surface area contributed by atoms with Gasteiger partial charge in [-0.3, -0.25) is 0 Å². The summed E-state index contributed by atoms with van der Waals surface area (Å²) < 4.78 is 0. The highest BCUT2D eigenvalue weighted by molar-refractivity contribution is 7.10. The van der Waals surface area contributed by atoms with Crippen molar-refractivity contribution in [2.75, 3.05) is 0 Å². The Balaban J connectivity index is 2.06. The molecule has 1 N–H and O–H groups in total. The molecule has 0 amide bonds. The van der Waals surface area contributed by atoms with Crippen LogP contribution in [0.1, 0.15) is 49.5 Å². The highest BCUT2D eigenvalue weighted by Gasteiger charge is 2.24. The fourth-order valence-corrected chi connectivity index (χ4v) is 3.60. The summed E-state index contributed by atoms with van der Waals surface area (Å²) in [5.74, 6) is 0.420. The summed E-state index contributed by atoms with van der Waals surface area (Å²) >= 11 is 7.62. The van der Waals surface area contributed by atoms with Crippen molar-refractivity contribution in [1.82, 2.24) is 0 Å². The number of hydrogen-bond acceptors (Lipinski definition) is 2. The summed E-state index contributed by atoms with van der Waals surface area (Å²) in [6.45, 7) is 0. The lowest BCUT2D eigenvalue weighted by atomic mass is 9.93. The van der Waals surface area contributed by atoms with Crippen LogP contribution in [0.25, 0.3) is 0 Å². The van der Waals surface area contributed by atoms with E-state index >= 15 is 0 Å². The Labute approximate surface area is 100 Å². The molecule has 1 aliphatic carbocycles. The van der Waals surface area contributed by atoms with Gasteiger partial charge in [-0.05, 0) is 30.2 Å². The number of aliphatic hydroxyl groups is 1. The van der Waals surface area contributed by atoms with Gasteiger partial charge in [-0.2, -0.15) is 0 Å². The third-order valence-electron chi connectivity index (χ3n) is 3.26. The van der Waals surface area contributed by atoms with Crippen LogP contribution in [0, 0.1) is 5.92 Å². The Kier molecular flexibility index (Phi) is 4.06. The molecule has 15 heavy (non-hydrogen) atoms. The maximum absolute atomic E-state index is 10.3. The second-order valence-corrected chi connectivity index (χ2v) is 5.68. The normalized spacial score (nSPS) is 21.2. The van der Waals surface area contributed by atoms with E-state index < -0.39 is 0 Å². The molecule has 1 saturated carbocycles. The van der Waals surface area contributed by atoms with E-state index in [4.69, 9.17) is 11.6 Å². The molecule has 1 aliphatic rings. The van der Waals surface area contributed by atoms with Crippen molar-refractivity contribution >= 4 is 22.9 Å². The van der Waals surface area contributed by atoms with E-state index in [2.05, 4.69) is 0 Å². The van der Waals surface area contributed by atoms with Crippen molar-refractivity contribution in [3.63, 3.8) is 0 Å². The number of hydrogen-bond donors (Lipinski definition) is 1. The Bertz CT molecular complexity index is 302. The van der Waals surface area contributed by atoms with E-state index in [1.165, 1.54) is 25.7 Å². The standard InChI is InChI=1S/C12H17ClOS/c13-10-7-8-15-12(10)11(14)9-5-3-1-2-4-6-9/h7-9,11,14H,1-6H2. The minimum atomic E-state index is -0.337. The molecule has 0 aromatic carbocycles. The van der Waals surface area contributed by atoms with Crippen molar-refractivity contribution in [1.29, 1.82) is 0 Å². The second-order valence-electron chi connectivity index (χ2n) is 4.33. The summed E-state index contributed by atoms with van der Waals surface area (Å²) in [6, 6.07) is 1.88. The van der Waals surface area contributed by atoms with Gasteiger partial charge in [0.2, 0.25) is 0 Å². The van der Waals surface area contributed by atoms with E-state index in [-0.39, 0.29) is 6.10 Å². The zero-order valence-corrected chi connectivity index (χ0v) is 10.4. The van der Waals surface area contributed by atoms with Crippen LogP contribution in [-0.2, 0) is 0 Å². The molecule has 1 nitrogen and oxygen atoms in total. The quantitative estimate of drug-likeness (QED) is 0.765. The van der Waals surface area contributed by atoms with Crippen LogP contribution in [-0.4, -0.2) is 5.11 Å². The molecule has 1 atom stereocenters. The molecule has 0 saturated heterocycles. The van der Waals surface area contributed by atoms with Crippen molar-refractivity contribution in [3.05, 3.63) is 21.3 Å². The number of thiophene rings is 1. The third kappa shape index (κ3) is 2.74. The van der Waals surface area contributed by atoms with Gasteiger partial charge in [-0.25, -0.2) is 0 Å². The van der Waals surface area contributed by atoms with Gasteiger partial charge in [-0.15, -0.1) is 11.3 Å². The summed E-state index contributed by atoms with van der Waals surface area (Å²) in [5.41, 5.74) is 0. The summed E-state index contributed by atoms with van der Waals surface area (Å²) in [7, 11) is 0. The topological polar surface area (TPSA) is 20.2 Å². The largest absolute Gasteiger partial charge is 0.387 e. The molecule has 0 radical (unpaired) electrons. The first-order valence-electron chi connectivity index (χ1n) is 5.70. The average Bonchev–Trinajstić information content (AvgIpc) is 2.53. The molecule has 84 valence electrons. The SMILES string of the molecule is OC(c1sccc1Cl)C1CCCCCC1. The van der Waals surface area contributed by atoms with Crippen LogP contribution in [0.2, 0.25) is 5.02 Å². The van der Waals surface area contributed by atoms with E-state index in [9.17, 15) is 5.11 Å². The molecule has 2 rings (SSSR count). The van der Waals surface area contributed by atoms with Gasteiger partial charge in [0.15, 0.2) is 0 Å². The van der Waals surface area contributed by atoms with Crippen molar-refractivity contribution < 1.29 is 5.11 Å². The molecule has 0 bridgehead atoms. The monoisotopic (exact) mass is 244 g/mol. The van der Waals surface area contributed by atoms with E-state index in [0.29, 0.717) is 5.92 Å². The lowest BCUT2D eigenvalue weighted by molar-refractivity contribution is 0.102. The molecule has 1 fully saturated rings. The van der Waals surface area contributed by atoms with Gasteiger partial charge in [-0.1, -0.05) is 37.3 Å². The Morgan fingerprint density at radius 2 is 1.93 bits per heavy atom. The second kappa shape index (κ2) is 5.33. The Morgan fingerprint density at radius 1 is 1.27 bits per heavy atom. The fourth-order valence-electron chi connectivity index (χ4n) is 2.36. The summed E-state index contributed by atoms with van der Waals surface area (Å²) in [6.07, 6.45) is 7.11. The van der Waals surface area contributed by atoms with Crippen LogP contribution in [0.4, 0.5) is 0 Å². The first-order valence-corrected chi connectivity index (χ1v) is 6.96. The minimum absolute atomic E-state index is 0.337. The van der Waals surface area contributed by atoms with Crippen LogP contribution in [0.5, 0.6) is 0 Å². The Morgan fingerprint density at radius 3 is 2.47 bits per heavy atom. The highest BCUT2D eigenvalue weighted by Crippen LogP contribution is 2.38. The first-order chi connectivity index (χ1) is 7.29. The van der Waals surface area contributed by atoms with Gasteiger partial charge in [0, 0.05) is 0 Å². The summed E-state index contributed by atoms with van der Waals surface area (Å²) in [5, 5.41) is 13.0. The maximum Gasteiger partial charge on any atom is 0.0924 e. The Hall–Kier alpha value is -0.0500. The van der Waals surface area contributed by atoms with E-state index in [1.54, 1.807) is 11.3 Å². The van der Waals surface area contributed by atoms with Crippen LogP contribution >= 0.6 is 22.9 Å². The van der Waals surface area contributed by atoms with Gasteiger partial charge >= 0.3 is 0 Å². The summed E-state index contributed by atoms with van der Waals surface area (Å²) in [4.78, 5) is 0.962. The molecule has 1 aromatic rings. The molecule has 1 unspecified atom stereocenters. The molecular weight excluding hydrogens is 228 g/mol. The number of rotatable bonds is 2. The number of halogens is 1. The average molecular weight is 245 g/mol. The lowest BCUT2D eigenvalue weighted by Crippen LogP contribution is -2.10.